The molecule has 0 amide bonds. The second-order valence-corrected chi connectivity index (χ2v) is 5.31. The van der Waals surface area contributed by atoms with Crippen LogP contribution in [0.15, 0.2) is 16.8 Å². The summed E-state index contributed by atoms with van der Waals surface area (Å²) in [5.74, 6) is 0. The first-order chi connectivity index (χ1) is 9.04. The molecule has 19 heavy (non-hydrogen) atoms. The first-order valence-corrected chi connectivity index (χ1v) is 6.97. The zero-order valence-electron chi connectivity index (χ0n) is 10.4. The van der Waals surface area contributed by atoms with Crippen LogP contribution in [-0.4, -0.2) is 57.7 Å². The largest absolute Gasteiger partial charge is 0.394 e. The third-order valence-electron chi connectivity index (χ3n) is 3.22. The molecule has 108 valence electrons. The minimum atomic E-state index is -1.39. The lowest BCUT2D eigenvalue weighted by molar-refractivity contribution is -0.303. The van der Waals surface area contributed by atoms with Gasteiger partial charge in [0.05, 0.1) is 12.7 Å². The SMILES string of the molecule is CC(O[C@@H]1[C@@H](O)[C@H](O)[C@@H](CO)O[C@@H]1O)c1ccsc1. The normalized spacial score (nSPS) is 37.2. The molecule has 6 atom stereocenters. The highest BCUT2D eigenvalue weighted by Crippen LogP contribution is 2.28. The van der Waals surface area contributed by atoms with Gasteiger partial charge in [0.15, 0.2) is 6.29 Å². The molecule has 0 saturated carbocycles. The van der Waals surface area contributed by atoms with Gasteiger partial charge < -0.3 is 29.9 Å². The van der Waals surface area contributed by atoms with Crippen LogP contribution in [0.1, 0.15) is 18.6 Å². The van der Waals surface area contributed by atoms with E-state index < -0.39 is 37.3 Å². The first-order valence-electron chi connectivity index (χ1n) is 6.02. The molecule has 1 unspecified atom stereocenters. The molecule has 0 bridgehead atoms. The lowest BCUT2D eigenvalue weighted by atomic mass is 9.99. The second-order valence-electron chi connectivity index (χ2n) is 4.53. The Morgan fingerprint density at radius 1 is 1.37 bits per heavy atom. The number of rotatable bonds is 4. The van der Waals surface area contributed by atoms with Gasteiger partial charge in [0.2, 0.25) is 0 Å². The zero-order chi connectivity index (χ0) is 14.0. The molecular weight excluding hydrogens is 272 g/mol. The fourth-order valence-electron chi connectivity index (χ4n) is 2.04. The van der Waals surface area contributed by atoms with Crippen molar-refractivity contribution in [2.24, 2.45) is 0 Å². The summed E-state index contributed by atoms with van der Waals surface area (Å²) in [6.45, 7) is 1.30. The molecule has 6 nitrogen and oxygen atoms in total. The van der Waals surface area contributed by atoms with Gasteiger partial charge in [-0.25, -0.2) is 0 Å². The van der Waals surface area contributed by atoms with Crippen molar-refractivity contribution < 1.29 is 29.9 Å². The van der Waals surface area contributed by atoms with Crippen LogP contribution in [0.25, 0.3) is 0 Å². The monoisotopic (exact) mass is 290 g/mol. The topological polar surface area (TPSA) is 99.4 Å². The Bertz CT molecular complexity index is 384. The van der Waals surface area contributed by atoms with Crippen molar-refractivity contribution >= 4 is 11.3 Å². The van der Waals surface area contributed by atoms with Crippen LogP contribution in [0.5, 0.6) is 0 Å². The van der Waals surface area contributed by atoms with Gasteiger partial charge in [0, 0.05) is 0 Å². The summed E-state index contributed by atoms with van der Waals surface area (Å²) >= 11 is 1.52. The maximum atomic E-state index is 9.93. The molecule has 7 heteroatoms. The Hall–Kier alpha value is -0.540. The van der Waals surface area contributed by atoms with E-state index in [4.69, 9.17) is 14.6 Å². The van der Waals surface area contributed by atoms with E-state index in [0.29, 0.717) is 0 Å². The van der Waals surface area contributed by atoms with E-state index in [1.54, 1.807) is 6.92 Å². The van der Waals surface area contributed by atoms with E-state index in [1.807, 2.05) is 16.8 Å². The standard InChI is InChI=1S/C12H18O6S/c1-6(7-2-3-19-5-7)17-11-10(15)9(14)8(4-13)18-12(11)16/h2-3,5-6,8-16H,4H2,1H3/t6?,8-,9-,10+,11-,12+/m1/s1. The summed E-state index contributed by atoms with van der Waals surface area (Å²) in [5.41, 5.74) is 0.920. The molecule has 1 fully saturated rings. The average Bonchev–Trinajstić information content (AvgIpc) is 2.92. The summed E-state index contributed by atoms with van der Waals surface area (Å²) in [7, 11) is 0. The van der Waals surface area contributed by atoms with Gasteiger partial charge in [-0.05, 0) is 29.3 Å². The molecular formula is C12H18O6S. The summed E-state index contributed by atoms with van der Waals surface area (Å²) in [5, 5.41) is 42.2. The molecule has 1 saturated heterocycles. The van der Waals surface area contributed by atoms with Crippen molar-refractivity contribution in [1.29, 1.82) is 0 Å². The number of ether oxygens (including phenoxy) is 2. The second kappa shape index (κ2) is 6.27. The fraction of sp³-hybridized carbons (Fsp3) is 0.667. The van der Waals surface area contributed by atoms with Gasteiger partial charge in [0.1, 0.15) is 24.4 Å². The lowest BCUT2D eigenvalue weighted by Gasteiger charge is -2.40. The van der Waals surface area contributed by atoms with Gasteiger partial charge in [-0.3, -0.25) is 0 Å². The van der Waals surface area contributed by atoms with Crippen molar-refractivity contribution in [3.63, 3.8) is 0 Å². The number of hydrogen-bond donors (Lipinski definition) is 4. The summed E-state index contributed by atoms with van der Waals surface area (Å²) in [6.07, 6.45) is -6.43. The molecule has 0 radical (unpaired) electrons. The number of aliphatic hydroxyl groups is 4. The summed E-state index contributed by atoms with van der Waals surface area (Å²) in [6, 6.07) is 1.88. The molecule has 1 aromatic heterocycles. The predicted molar refractivity (Wildman–Crippen MR) is 67.6 cm³/mol. The Balaban J connectivity index is 2.03. The smallest absolute Gasteiger partial charge is 0.184 e. The first kappa shape index (κ1) is 14.9. The van der Waals surface area contributed by atoms with Gasteiger partial charge in [-0.2, -0.15) is 11.3 Å². The van der Waals surface area contributed by atoms with Crippen LogP contribution in [0.3, 0.4) is 0 Å². The maximum Gasteiger partial charge on any atom is 0.184 e. The lowest BCUT2D eigenvalue weighted by Crippen LogP contribution is -2.59. The highest BCUT2D eigenvalue weighted by molar-refractivity contribution is 7.07. The molecule has 0 aromatic carbocycles. The Morgan fingerprint density at radius 3 is 2.68 bits per heavy atom. The minimum Gasteiger partial charge on any atom is -0.394 e. The van der Waals surface area contributed by atoms with Gasteiger partial charge in [0.25, 0.3) is 0 Å². The average molecular weight is 290 g/mol. The third-order valence-corrected chi connectivity index (χ3v) is 3.92. The Labute approximate surface area is 114 Å². The fourth-order valence-corrected chi connectivity index (χ4v) is 2.78. The van der Waals surface area contributed by atoms with E-state index in [-0.39, 0.29) is 6.10 Å². The van der Waals surface area contributed by atoms with E-state index in [9.17, 15) is 15.3 Å². The van der Waals surface area contributed by atoms with Crippen LogP contribution in [0.2, 0.25) is 0 Å². The van der Waals surface area contributed by atoms with Crippen molar-refractivity contribution in [3.05, 3.63) is 22.4 Å². The quantitative estimate of drug-likeness (QED) is 0.603. The highest BCUT2D eigenvalue weighted by Gasteiger charge is 2.45. The zero-order valence-corrected chi connectivity index (χ0v) is 11.2. The van der Waals surface area contributed by atoms with Crippen molar-refractivity contribution in [1.82, 2.24) is 0 Å². The van der Waals surface area contributed by atoms with Crippen LogP contribution in [-0.2, 0) is 9.47 Å². The number of aliphatic hydroxyl groups excluding tert-OH is 4. The highest BCUT2D eigenvalue weighted by atomic mass is 32.1. The summed E-state index contributed by atoms with van der Waals surface area (Å²) < 4.78 is 10.6. The van der Waals surface area contributed by atoms with E-state index in [2.05, 4.69) is 0 Å². The van der Waals surface area contributed by atoms with Gasteiger partial charge in [-0.1, -0.05) is 0 Å². The molecule has 2 rings (SSSR count). The predicted octanol–water partition coefficient (Wildman–Crippen LogP) is -0.374. The van der Waals surface area contributed by atoms with Crippen molar-refractivity contribution in [2.45, 2.75) is 43.7 Å². The van der Waals surface area contributed by atoms with Crippen molar-refractivity contribution in [2.75, 3.05) is 6.61 Å². The summed E-state index contributed by atoms with van der Waals surface area (Å²) in [4.78, 5) is 0. The Kier molecular flexibility index (Phi) is 4.91. The van der Waals surface area contributed by atoms with E-state index >= 15 is 0 Å². The van der Waals surface area contributed by atoms with Gasteiger partial charge in [-0.15, -0.1) is 0 Å². The van der Waals surface area contributed by atoms with Crippen molar-refractivity contribution in [3.8, 4) is 0 Å². The van der Waals surface area contributed by atoms with Crippen LogP contribution in [0.4, 0.5) is 0 Å². The van der Waals surface area contributed by atoms with Crippen LogP contribution in [0, 0.1) is 0 Å². The molecule has 4 N–H and O–H groups in total. The number of thiophene rings is 1. The maximum absolute atomic E-state index is 9.93. The molecule has 1 aliphatic rings. The molecule has 2 heterocycles. The number of hydrogen-bond acceptors (Lipinski definition) is 7. The third kappa shape index (κ3) is 3.14. The Morgan fingerprint density at radius 2 is 2.11 bits per heavy atom. The molecule has 0 aliphatic carbocycles. The van der Waals surface area contributed by atoms with Crippen LogP contribution >= 0.6 is 11.3 Å². The molecule has 0 spiro atoms. The minimum absolute atomic E-state index is 0.345. The molecule has 1 aromatic rings. The van der Waals surface area contributed by atoms with Gasteiger partial charge >= 0.3 is 0 Å². The van der Waals surface area contributed by atoms with Crippen LogP contribution < -0.4 is 0 Å². The molecule has 1 aliphatic heterocycles. The van der Waals surface area contributed by atoms with E-state index in [0.717, 1.165) is 5.56 Å². The van der Waals surface area contributed by atoms with E-state index in [1.165, 1.54) is 11.3 Å².